The van der Waals surface area contributed by atoms with E-state index in [9.17, 15) is 13.2 Å². The lowest BCUT2D eigenvalue weighted by Gasteiger charge is -2.35. The van der Waals surface area contributed by atoms with Crippen molar-refractivity contribution >= 4 is 21.8 Å². The first kappa shape index (κ1) is 19.3. The van der Waals surface area contributed by atoms with Gasteiger partial charge in [-0.25, -0.2) is 13.2 Å². The van der Waals surface area contributed by atoms with Crippen LogP contribution in [0.15, 0.2) is 23.1 Å². The van der Waals surface area contributed by atoms with Gasteiger partial charge in [0, 0.05) is 31.9 Å². The first-order valence-corrected chi connectivity index (χ1v) is 9.40. The van der Waals surface area contributed by atoms with Crippen molar-refractivity contribution in [3.05, 3.63) is 18.2 Å². The summed E-state index contributed by atoms with van der Waals surface area (Å²) in [5.74, 6) is 0.240. The lowest BCUT2D eigenvalue weighted by atomic mass is 10.2. The Hall–Kier alpha value is -2.00. The van der Waals surface area contributed by atoms with Crippen molar-refractivity contribution in [2.75, 3.05) is 39.0 Å². The number of hydrogen-bond acceptors (Lipinski definition) is 6. The summed E-state index contributed by atoms with van der Waals surface area (Å²) in [5.41, 5.74) is 5.47. The van der Waals surface area contributed by atoms with Crippen LogP contribution >= 0.6 is 0 Å². The Balaban J connectivity index is 2.12. The summed E-state index contributed by atoms with van der Waals surface area (Å²) in [6, 6.07) is 4.49. The average molecular weight is 371 g/mol. The summed E-state index contributed by atoms with van der Waals surface area (Å²) in [7, 11) is -2.35. The minimum atomic E-state index is -3.76. The minimum Gasteiger partial charge on any atom is -0.495 e. The minimum absolute atomic E-state index is 0.0284. The van der Waals surface area contributed by atoms with Crippen LogP contribution in [-0.4, -0.2) is 62.6 Å². The fraction of sp³-hybridized carbons (Fsp3) is 0.562. The normalized spacial score (nSPS) is 16.6. The fourth-order valence-corrected chi connectivity index (χ4v) is 4.08. The fourth-order valence-electron chi connectivity index (χ4n) is 2.47. The Labute approximate surface area is 148 Å². The van der Waals surface area contributed by atoms with E-state index in [1.807, 2.05) is 0 Å². The molecule has 0 radical (unpaired) electrons. The van der Waals surface area contributed by atoms with Crippen LogP contribution in [-0.2, 0) is 14.8 Å². The van der Waals surface area contributed by atoms with E-state index in [0.29, 0.717) is 5.69 Å². The maximum Gasteiger partial charge on any atom is 0.410 e. The van der Waals surface area contributed by atoms with Crippen LogP contribution in [0.5, 0.6) is 5.75 Å². The van der Waals surface area contributed by atoms with Gasteiger partial charge >= 0.3 is 6.09 Å². The number of nitrogen functional groups attached to an aromatic ring is 1. The highest BCUT2D eigenvalue weighted by Gasteiger charge is 2.33. The number of ether oxygens (including phenoxy) is 2. The summed E-state index contributed by atoms with van der Waals surface area (Å²) in [5, 5.41) is 0. The van der Waals surface area contributed by atoms with Gasteiger partial charge in [0.2, 0.25) is 10.0 Å². The van der Waals surface area contributed by atoms with E-state index in [1.54, 1.807) is 26.8 Å². The third-order valence-corrected chi connectivity index (χ3v) is 5.62. The van der Waals surface area contributed by atoms with Gasteiger partial charge in [-0.2, -0.15) is 4.31 Å². The SMILES string of the molecule is COc1ccc(N)cc1S(=O)(=O)N1CCN(C(=O)OC(C)(C)C)CC1. The average Bonchev–Trinajstić information content (AvgIpc) is 2.53. The Morgan fingerprint density at radius 1 is 1.16 bits per heavy atom. The zero-order valence-electron chi connectivity index (χ0n) is 15.0. The quantitative estimate of drug-likeness (QED) is 0.808. The van der Waals surface area contributed by atoms with Crippen LogP contribution in [0.1, 0.15) is 20.8 Å². The van der Waals surface area contributed by atoms with E-state index in [1.165, 1.54) is 28.4 Å². The van der Waals surface area contributed by atoms with Crippen molar-refractivity contribution in [3.8, 4) is 5.75 Å². The molecule has 0 aromatic heterocycles. The van der Waals surface area contributed by atoms with Gasteiger partial charge in [-0.05, 0) is 39.0 Å². The van der Waals surface area contributed by atoms with Crippen LogP contribution in [0.25, 0.3) is 0 Å². The molecular formula is C16H25N3O5S. The van der Waals surface area contributed by atoms with Gasteiger partial charge < -0.3 is 20.1 Å². The van der Waals surface area contributed by atoms with E-state index >= 15 is 0 Å². The van der Waals surface area contributed by atoms with Crippen molar-refractivity contribution in [2.45, 2.75) is 31.3 Å². The van der Waals surface area contributed by atoms with E-state index in [2.05, 4.69) is 0 Å². The first-order valence-electron chi connectivity index (χ1n) is 7.96. The summed E-state index contributed by atoms with van der Waals surface area (Å²) in [6.45, 7) is 6.25. The molecule has 1 amide bonds. The number of benzene rings is 1. The number of piperazine rings is 1. The van der Waals surface area contributed by atoms with Gasteiger partial charge in [-0.3, -0.25) is 0 Å². The number of nitrogens with two attached hydrogens (primary N) is 1. The Morgan fingerprint density at radius 2 is 1.76 bits per heavy atom. The Morgan fingerprint density at radius 3 is 2.28 bits per heavy atom. The molecule has 0 unspecified atom stereocenters. The largest absolute Gasteiger partial charge is 0.495 e. The molecule has 2 rings (SSSR count). The van der Waals surface area contributed by atoms with E-state index in [-0.39, 0.29) is 36.8 Å². The smallest absolute Gasteiger partial charge is 0.410 e. The van der Waals surface area contributed by atoms with Crippen LogP contribution in [0.2, 0.25) is 0 Å². The second kappa shape index (κ2) is 7.09. The van der Waals surface area contributed by atoms with Gasteiger partial charge in [0.25, 0.3) is 0 Å². The number of hydrogen-bond donors (Lipinski definition) is 1. The van der Waals surface area contributed by atoms with Gasteiger partial charge in [0.1, 0.15) is 16.2 Å². The second-order valence-electron chi connectivity index (χ2n) is 6.78. The monoisotopic (exact) mass is 371 g/mol. The zero-order valence-corrected chi connectivity index (χ0v) is 15.8. The maximum atomic E-state index is 12.9. The molecule has 8 nitrogen and oxygen atoms in total. The molecule has 1 aromatic rings. The third-order valence-electron chi connectivity index (χ3n) is 3.70. The van der Waals surface area contributed by atoms with Crippen molar-refractivity contribution in [2.24, 2.45) is 0 Å². The van der Waals surface area contributed by atoms with E-state index in [0.717, 1.165) is 0 Å². The van der Waals surface area contributed by atoms with Crippen LogP contribution < -0.4 is 10.5 Å². The molecule has 140 valence electrons. The highest BCUT2D eigenvalue weighted by atomic mass is 32.2. The lowest BCUT2D eigenvalue weighted by molar-refractivity contribution is 0.0192. The predicted molar refractivity (Wildman–Crippen MR) is 94.0 cm³/mol. The molecule has 0 saturated carbocycles. The van der Waals surface area contributed by atoms with Crippen LogP contribution in [0.4, 0.5) is 10.5 Å². The Kier molecular flexibility index (Phi) is 5.48. The molecule has 1 saturated heterocycles. The molecule has 1 aromatic carbocycles. The number of anilines is 1. The van der Waals surface area contributed by atoms with Crippen LogP contribution in [0.3, 0.4) is 0 Å². The van der Waals surface area contributed by atoms with Crippen molar-refractivity contribution in [1.82, 2.24) is 9.21 Å². The van der Waals surface area contributed by atoms with Crippen molar-refractivity contribution < 1.29 is 22.7 Å². The number of amides is 1. The van der Waals surface area contributed by atoms with Gasteiger partial charge in [0.15, 0.2) is 0 Å². The molecule has 0 aliphatic carbocycles. The third kappa shape index (κ3) is 4.55. The number of sulfonamides is 1. The molecule has 2 N–H and O–H groups in total. The predicted octanol–water partition coefficient (Wildman–Crippen LogP) is 1.52. The number of rotatable bonds is 3. The highest BCUT2D eigenvalue weighted by molar-refractivity contribution is 7.89. The highest BCUT2D eigenvalue weighted by Crippen LogP contribution is 2.29. The number of methoxy groups -OCH3 is 1. The molecule has 1 aliphatic rings. The standard InChI is InChI=1S/C16H25N3O5S/c1-16(2,3)24-15(20)18-7-9-19(10-8-18)25(21,22)14-11-12(17)5-6-13(14)23-4/h5-6,11H,7-10,17H2,1-4H3. The molecule has 0 bridgehead atoms. The topological polar surface area (TPSA) is 102 Å². The zero-order chi connectivity index (χ0) is 18.8. The number of nitrogens with zero attached hydrogens (tertiary/aromatic N) is 2. The summed E-state index contributed by atoms with van der Waals surface area (Å²) >= 11 is 0. The number of carbonyl (C=O) groups excluding carboxylic acids is 1. The first-order chi connectivity index (χ1) is 11.5. The van der Waals surface area contributed by atoms with Gasteiger partial charge in [-0.15, -0.1) is 0 Å². The van der Waals surface area contributed by atoms with Crippen molar-refractivity contribution in [3.63, 3.8) is 0 Å². The molecular weight excluding hydrogens is 346 g/mol. The summed E-state index contributed by atoms with van der Waals surface area (Å²) in [4.78, 5) is 13.6. The maximum absolute atomic E-state index is 12.9. The molecule has 1 aliphatic heterocycles. The second-order valence-corrected chi connectivity index (χ2v) is 8.69. The molecule has 1 fully saturated rings. The summed E-state index contributed by atoms with van der Waals surface area (Å²) in [6.07, 6.45) is -0.439. The van der Waals surface area contributed by atoms with E-state index in [4.69, 9.17) is 15.2 Å². The molecule has 25 heavy (non-hydrogen) atoms. The van der Waals surface area contributed by atoms with Gasteiger partial charge in [-0.1, -0.05) is 0 Å². The molecule has 1 heterocycles. The Bertz CT molecular complexity index is 735. The van der Waals surface area contributed by atoms with E-state index < -0.39 is 21.7 Å². The lowest BCUT2D eigenvalue weighted by Crippen LogP contribution is -2.51. The summed E-state index contributed by atoms with van der Waals surface area (Å²) < 4.78 is 37.5. The molecule has 0 atom stereocenters. The van der Waals surface area contributed by atoms with Crippen LogP contribution in [0, 0.1) is 0 Å². The molecule has 9 heteroatoms. The molecule has 0 spiro atoms. The van der Waals surface area contributed by atoms with Crippen molar-refractivity contribution in [1.29, 1.82) is 0 Å². The van der Waals surface area contributed by atoms with Gasteiger partial charge in [0.05, 0.1) is 7.11 Å². The number of carbonyl (C=O) groups is 1.